The Kier molecular flexibility index (Phi) is 7.06. The molecule has 3 nitrogen and oxygen atoms in total. The molecule has 18 heavy (non-hydrogen) atoms. The number of hydrogen-bond acceptors (Lipinski definition) is 3. The van der Waals surface area contributed by atoms with Gasteiger partial charge in [-0.15, -0.1) is 0 Å². The summed E-state index contributed by atoms with van der Waals surface area (Å²) in [5, 5.41) is 0.693. The number of nitrogens with zero attached hydrogens (tertiary/aromatic N) is 3. The van der Waals surface area contributed by atoms with Crippen molar-refractivity contribution in [3.05, 3.63) is 23.4 Å². The Labute approximate surface area is 116 Å². The van der Waals surface area contributed by atoms with Gasteiger partial charge in [0.25, 0.3) is 0 Å². The summed E-state index contributed by atoms with van der Waals surface area (Å²) >= 11 is 5.86. The smallest absolute Gasteiger partial charge is 0.128 e. The molecule has 1 aromatic rings. The first-order valence-corrected chi connectivity index (χ1v) is 7.17. The van der Waals surface area contributed by atoms with E-state index in [1.807, 2.05) is 12.1 Å². The topological polar surface area (TPSA) is 19.4 Å². The molecule has 0 N–H and O–H groups in total. The van der Waals surface area contributed by atoms with E-state index in [1.165, 1.54) is 6.42 Å². The van der Waals surface area contributed by atoms with E-state index in [0.29, 0.717) is 5.02 Å². The van der Waals surface area contributed by atoms with E-state index in [9.17, 15) is 0 Å². The van der Waals surface area contributed by atoms with Gasteiger partial charge in [-0.1, -0.05) is 25.4 Å². The Morgan fingerprint density at radius 1 is 1.06 bits per heavy atom. The van der Waals surface area contributed by atoms with E-state index in [2.05, 4.69) is 35.6 Å². The molecule has 1 heterocycles. The Balaban J connectivity index is 2.44. The lowest BCUT2D eigenvalue weighted by Gasteiger charge is -2.24. The van der Waals surface area contributed by atoms with Crippen LogP contribution >= 0.6 is 11.6 Å². The summed E-state index contributed by atoms with van der Waals surface area (Å²) in [6.45, 7) is 12.0. The lowest BCUT2D eigenvalue weighted by atomic mass is 10.3. The van der Waals surface area contributed by atoms with Gasteiger partial charge in [-0.05, 0) is 45.1 Å². The van der Waals surface area contributed by atoms with E-state index in [1.54, 1.807) is 6.20 Å². The first-order valence-electron chi connectivity index (χ1n) is 6.80. The highest BCUT2D eigenvalue weighted by Crippen LogP contribution is 2.14. The maximum absolute atomic E-state index is 5.86. The first kappa shape index (κ1) is 15.3. The third-order valence-corrected chi connectivity index (χ3v) is 3.44. The summed E-state index contributed by atoms with van der Waals surface area (Å²) in [4.78, 5) is 9.11. The van der Waals surface area contributed by atoms with Crippen molar-refractivity contribution in [2.45, 2.75) is 27.2 Å². The summed E-state index contributed by atoms with van der Waals surface area (Å²) in [6.07, 6.45) is 2.88. The zero-order valence-corrected chi connectivity index (χ0v) is 12.5. The molecule has 1 rings (SSSR count). The van der Waals surface area contributed by atoms with E-state index in [4.69, 9.17) is 11.6 Å². The minimum atomic E-state index is 0.693. The lowest BCUT2D eigenvalue weighted by Crippen LogP contribution is -2.30. The van der Waals surface area contributed by atoms with Crippen LogP contribution in [0.1, 0.15) is 27.2 Å². The van der Waals surface area contributed by atoms with Crippen LogP contribution < -0.4 is 4.90 Å². The van der Waals surface area contributed by atoms with Crippen molar-refractivity contribution >= 4 is 17.4 Å². The molecule has 102 valence electrons. The fourth-order valence-corrected chi connectivity index (χ4v) is 2.13. The summed E-state index contributed by atoms with van der Waals surface area (Å²) < 4.78 is 0. The van der Waals surface area contributed by atoms with Gasteiger partial charge in [0, 0.05) is 19.3 Å². The molecule has 0 aromatic carbocycles. The van der Waals surface area contributed by atoms with E-state index >= 15 is 0 Å². The van der Waals surface area contributed by atoms with Crippen molar-refractivity contribution in [1.29, 1.82) is 0 Å². The Hall–Kier alpha value is -0.800. The normalized spacial score (nSPS) is 10.9. The second-order valence-corrected chi connectivity index (χ2v) is 4.73. The molecular weight excluding hydrogens is 246 g/mol. The largest absolute Gasteiger partial charge is 0.357 e. The minimum Gasteiger partial charge on any atom is -0.357 e. The second-order valence-electron chi connectivity index (χ2n) is 4.29. The number of aromatic nitrogens is 1. The van der Waals surface area contributed by atoms with Crippen molar-refractivity contribution in [3.63, 3.8) is 0 Å². The highest BCUT2D eigenvalue weighted by molar-refractivity contribution is 6.30. The summed E-state index contributed by atoms with van der Waals surface area (Å²) in [5.74, 6) is 1.02. The molecule has 0 unspecified atom stereocenters. The fraction of sp³-hybridized carbons (Fsp3) is 0.643. The van der Waals surface area contributed by atoms with Gasteiger partial charge in [0.05, 0.1) is 5.02 Å². The second kappa shape index (κ2) is 8.33. The highest BCUT2D eigenvalue weighted by Gasteiger charge is 2.06. The quantitative estimate of drug-likeness (QED) is 0.722. The van der Waals surface area contributed by atoms with Gasteiger partial charge in [0.15, 0.2) is 0 Å². The molecule has 4 heteroatoms. The number of halogens is 1. The number of hydrogen-bond donors (Lipinski definition) is 0. The van der Waals surface area contributed by atoms with Crippen LogP contribution in [0.4, 0.5) is 5.82 Å². The monoisotopic (exact) mass is 269 g/mol. The van der Waals surface area contributed by atoms with Crippen LogP contribution in [0.5, 0.6) is 0 Å². The predicted octanol–water partition coefficient (Wildman–Crippen LogP) is 3.29. The Morgan fingerprint density at radius 3 is 2.28 bits per heavy atom. The zero-order chi connectivity index (χ0) is 13.4. The Bertz CT molecular complexity index is 322. The van der Waals surface area contributed by atoms with Gasteiger partial charge in [0.2, 0.25) is 0 Å². The van der Waals surface area contributed by atoms with Crippen LogP contribution in [-0.2, 0) is 0 Å². The van der Waals surface area contributed by atoms with Gasteiger partial charge in [-0.25, -0.2) is 4.98 Å². The minimum absolute atomic E-state index is 0.693. The van der Waals surface area contributed by atoms with Gasteiger partial charge < -0.3 is 9.80 Å². The molecule has 0 atom stereocenters. The third kappa shape index (κ3) is 4.83. The molecule has 0 saturated carbocycles. The van der Waals surface area contributed by atoms with Crippen molar-refractivity contribution in [1.82, 2.24) is 9.88 Å². The maximum atomic E-state index is 5.86. The van der Waals surface area contributed by atoms with Crippen molar-refractivity contribution in [2.24, 2.45) is 0 Å². The average Bonchev–Trinajstić information content (AvgIpc) is 2.41. The highest BCUT2D eigenvalue weighted by atomic mass is 35.5. The zero-order valence-electron chi connectivity index (χ0n) is 11.7. The van der Waals surface area contributed by atoms with Crippen LogP contribution in [0.15, 0.2) is 18.3 Å². The van der Waals surface area contributed by atoms with E-state index < -0.39 is 0 Å². The molecule has 0 radical (unpaired) electrons. The predicted molar refractivity (Wildman–Crippen MR) is 79.5 cm³/mol. The number of rotatable bonds is 8. The van der Waals surface area contributed by atoms with Gasteiger partial charge in [-0.3, -0.25) is 0 Å². The molecule has 0 saturated heterocycles. The molecule has 0 spiro atoms. The molecule has 0 bridgehead atoms. The van der Waals surface area contributed by atoms with Crippen molar-refractivity contribution in [2.75, 3.05) is 37.6 Å². The number of anilines is 1. The molecular formula is C14H24ClN3. The molecule has 0 aliphatic rings. The van der Waals surface area contributed by atoms with Gasteiger partial charge in [0.1, 0.15) is 5.82 Å². The van der Waals surface area contributed by atoms with E-state index in [-0.39, 0.29) is 0 Å². The van der Waals surface area contributed by atoms with Gasteiger partial charge in [-0.2, -0.15) is 0 Å². The van der Waals surface area contributed by atoms with Crippen molar-refractivity contribution < 1.29 is 0 Å². The third-order valence-electron chi connectivity index (χ3n) is 3.21. The number of pyridine rings is 1. The maximum Gasteiger partial charge on any atom is 0.128 e. The lowest BCUT2D eigenvalue weighted by molar-refractivity contribution is 0.300. The SMILES string of the molecule is CCN(CC)CCCN(CC)c1ccc(Cl)cn1. The molecule has 0 amide bonds. The van der Waals surface area contributed by atoms with Crippen LogP contribution in [0.2, 0.25) is 5.02 Å². The molecule has 0 fully saturated rings. The van der Waals surface area contributed by atoms with Crippen LogP contribution in [0, 0.1) is 0 Å². The molecule has 1 aromatic heterocycles. The molecule has 0 aliphatic carbocycles. The standard InChI is InChI=1S/C14H24ClN3/c1-4-17(5-2)10-7-11-18(6-3)14-9-8-13(15)12-16-14/h8-9,12H,4-7,10-11H2,1-3H3. The summed E-state index contributed by atoms with van der Waals surface area (Å²) in [7, 11) is 0. The summed E-state index contributed by atoms with van der Waals surface area (Å²) in [5.41, 5.74) is 0. The van der Waals surface area contributed by atoms with E-state index in [0.717, 1.165) is 38.5 Å². The van der Waals surface area contributed by atoms with Crippen LogP contribution in [0.3, 0.4) is 0 Å². The fourth-order valence-electron chi connectivity index (χ4n) is 2.01. The van der Waals surface area contributed by atoms with Crippen LogP contribution in [-0.4, -0.2) is 42.6 Å². The van der Waals surface area contributed by atoms with Crippen LogP contribution in [0.25, 0.3) is 0 Å². The molecule has 0 aliphatic heterocycles. The average molecular weight is 270 g/mol. The Morgan fingerprint density at radius 2 is 1.78 bits per heavy atom. The van der Waals surface area contributed by atoms with Gasteiger partial charge >= 0.3 is 0 Å². The summed E-state index contributed by atoms with van der Waals surface area (Å²) in [6, 6.07) is 3.89. The first-order chi connectivity index (χ1) is 8.71. The van der Waals surface area contributed by atoms with Crippen molar-refractivity contribution in [3.8, 4) is 0 Å².